The van der Waals surface area contributed by atoms with Crippen LogP contribution in [0.5, 0.6) is 0 Å². The first kappa shape index (κ1) is 15.1. The summed E-state index contributed by atoms with van der Waals surface area (Å²) in [5, 5.41) is 9.87. The van der Waals surface area contributed by atoms with Crippen LogP contribution in [0.15, 0.2) is 29.3 Å². The third-order valence-electron chi connectivity index (χ3n) is 4.03. The molecule has 1 aliphatic rings. The Balaban J connectivity index is 1.58. The van der Waals surface area contributed by atoms with E-state index in [9.17, 15) is 9.59 Å². The monoisotopic (exact) mass is 314 g/mol. The first-order valence-corrected chi connectivity index (χ1v) is 7.41. The van der Waals surface area contributed by atoms with Gasteiger partial charge in [0.15, 0.2) is 0 Å². The highest BCUT2D eigenvalue weighted by Crippen LogP contribution is 2.36. The van der Waals surface area contributed by atoms with Gasteiger partial charge in [0.1, 0.15) is 17.8 Å². The van der Waals surface area contributed by atoms with Gasteiger partial charge in [0.05, 0.1) is 0 Å². The van der Waals surface area contributed by atoms with E-state index in [2.05, 4.69) is 25.7 Å². The first-order chi connectivity index (χ1) is 11.1. The number of anilines is 1. The van der Waals surface area contributed by atoms with Crippen LogP contribution in [-0.2, 0) is 7.05 Å². The van der Waals surface area contributed by atoms with E-state index in [0.717, 1.165) is 29.0 Å². The zero-order valence-electron chi connectivity index (χ0n) is 13.0. The predicted molar refractivity (Wildman–Crippen MR) is 84.3 cm³/mol. The molecular weight excluding hydrogens is 296 g/mol. The van der Waals surface area contributed by atoms with E-state index in [4.69, 9.17) is 0 Å². The van der Waals surface area contributed by atoms with Crippen molar-refractivity contribution in [1.82, 2.24) is 25.1 Å². The lowest BCUT2D eigenvalue weighted by Crippen LogP contribution is -2.44. The van der Waals surface area contributed by atoms with Crippen molar-refractivity contribution in [3.05, 3.63) is 46.3 Å². The molecule has 2 N–H and O–H groups in total. The SMILES string of the molecule is CNc1cc(C2CC(NC(=O)c3ccc(=O)n(C)n3)C2)ncn1. The smallest absolute Gasteiger partial charge is 0.271 e. The molecule has 0 saturated heterocycles. The van der Waals surface area contributed by atoms with E-state index in [1.807, 2.05) is 13.1 Å². The van der Waals surface area contributed by atoms with Crippen molar-refractivity contribution in [3.63, 3.8) is 0 Å². The second-order valence-corrected chi connectivity index (χ2v) is 5.60. The molecule has 1 aliphatic carbocycles. The van der Waals surface area contributed by atoms with Crippen LogP contribution in [0.4, 0.5) is 5.82 Å². The quantitative estimate of drug-likeness (QED) is 0.841. The molecule has 3 rings (SSSR count). The second kappa shape index (κ2) is 6.15. The van der Waals surface area contributed by atoms with Crippen molar-refractivity contribution in [3.8, 4) is 0 Å². The largest absolute Gasteiger partial charge is 0.373 e. The summed E-state index contributed by atoms with van der Waals surface area (Å²) in [5.74, 6) is 0.850. The lowest BCUT2D eigenvalue weighted by Gasteiger charge is -2.35. The third kappa shape index (κ3) is 3.20. The average Bonchev–Trinajstić information content (AvgIpc) is 2.52. The second-order valence-electron chi connectivity index (χ2n) is 5.60. The Morgan fingerprint density at radius 3 is 2.78 bits per heavy atom. The van der Waals surface area contributed by atoms with E-state index in [1.54, 1.807) is 6.33 Å². The van der Waals surface area contributed by atoms with Crippen molar-refractivity contribution < 1.29 is 4.79 Å². The van der Waals surface area contributed by atoms with E-state index < -0.39 is 0 Å². The predicted octanol–water partition coefficient (Wildman–Crippen LogP) is 0.288. The molecule has 0 bridgehead atoms. The normalized spacial score (nSPS) is 19.7. The number of nitrogens with zero attached hydrogens (tertiary/aromatic N) is 4. The molecule has 1 fully saturated rings. The molecule has 0 atom stereocenters. The Labute approximate surface area is 133 Å². The summed E-state index contributed by atoms with van der Waals surface area (Å²) in [7, 11) is 3.34. The maximum absolute atomic E-state index is 12.1. The third-order valence-corrected chi connectivity index (χ3v) is 4.03. The molecule has 0 radical (unpaired) electrons. The Morgan fingerprint density at radius 2 is 2.09 bits per heavy atom. The van der Waals surface area contributed by atoms with E-state index in [-0.39, 0.29) is 23.2 Å². The van der Waals surface area contributed by atoms with Gasteiger partial charge in [0.2, 0.25) is 0 Å². The van der Waals surface area contributed by atoms with Gasteiger partial charge in [-0.05, 0) is 18.9 Å². The summed E-state index contributed by atoms with van der Waals surface area (Å²) in [6.45, 7) is 0. The summed E-state index contributed by atoms with van der Waals surface area (Å²) >= 11 is 0. The highest BCUT2D eigenvalue weighted by Gasteiger charge is 2.33. The summed E-state index contributed by atoms with van der Waals surface area (Å²) in [4.78, 5) is 31.8. The molecule has 0 aromatic carbocycles. The first-order valence-electron chi connectivity index (χ1n) is 7.41. The van der Waals surface area contributed by atoms with Gasteiger partial charge >= 0.3 is 0 Å². The highest BCUT2D eigenvalue weighted by atomic mass is 16.2. The van der Waals surface area contributed by atoms with Gasteiger partial charge in [0, 0.05) is 43.9 Å². The molecule has 120 valence electrons. The van der Waals surface area contributed by atoms with Crippen molar-refractivity contribution in [2.75, 3.05) is 12.4 Å². The molecule has 0 unspecified atom stereocenters. The van der Waals surface area contributed by atoms with Gasteiger partial charge in [-0.3, -0.25) is 9.59 Å². The van der Waals surface area contributed by atoms with Crippen LogP contribution in [-0.4, -0.2) is 38.7 Å². The van der Waals surface area contributed by atoms with Gasteiger partial charge in [-0.25, -0.2) is 14.6 Å². The van der Waals surface area contributed by atoms with Gasteiger partial charge in [-0.15, -0.1) is 0 Å². The van der Waals surface area contributed by atoms with Crippen LogP contribution in [0.2, 0.25) is 0 Å². The Kier molecular flexibility index (Phi) is 4.05. The topological polar surface area (TPSA) is 102 Å². The van der Waals surface area contributed by atoms with Gasteiger partial charge in [-0.1, -0.05) is 0 Å². The number of nitrogens with one attached hydrogen (secondary N) is 2. The minimum Gasteiger partial charge on any atom is -0.373 e. The van der Waals surface area contributed by atoms with E-state index in [1.165, 1.54) is 19.2 Å². The molecule has 2 aromatic rings. The fraction of sp³-hybridized carbons (Fsp3) is 0.400. The maximum atomic E-state index is 12.1. The molecule has 8 nitrogen and oxygen atoms in total. The summed E-state index contributed by atoms with van der Waals surface area (Å²) in [6, 6.07) is 4.81. The number of rotatable bonds is 4. The van der Waals surface area contributed by atoms with Crippen molar-refractivity contribution in [2.24, 2.45) is 7.05 Å². The molecule has 2 heterocycles. The van der Waals surface area contributed by atoms with Crippen LogP contribution in [0.3, 0.4) is 0 Å². The minimum absolute atomic E-state index is 0.0968. The van der Waals surface area contributed by atoms with Crippen molar-refractivity contribution in [2.45, 2.75) is 24.8 Å². The summed E-state index contributed by atoms with van der Waals surface area (Å²) in [6.07, 6.45) is 3.21. The summed E-state index contributed by atoms with van der Waals surface area (Å²) < 4.78 is 1.15. The molecule has 2 aromatic heterocycles. The number of hydrogen-bond acceptors (Lipinski definition) is 6. The molecule has 1 saturated carbocycles. The maximum Gasteiger partial charge on any atom is 0.271 e. The fourth-order valence-electron chi connectivity index (χ4n) is 2.59. The zero-order chi connectivity index (χ0) is 16.4. The molecular formula is C15H18N6O2. The number of amides is 1. The minimum atomic E-state index is -0.261. The standard InChI is InChI=1S/C15H18N6O2/c1-16-13-7-12(17-8-18-13)9-5-10(6-9)19-15(23)11-3-4-14(22)21(2)20-11/h3-4,7-10H,5-6H2,1-2H3,(H,19,23)(H,16,17,18). The van der Waals surface area contributed by atoms with Gasteiger partial charge in [-0.2, -0.15) is 5.10 Å². The molecule has 0 aliphatic heterocycles. The van der Waals surface area contributed by atoms with Gasteiger partial charge < -0.3 is 10.6 Å². The number of hydrogen-bond donors (Lipinski definition) is 2. The fourth-order valence-corrected chi connectivity index (χ4v) is 2.59. The number of aryl methyl sites for hydroxylation is 1. The van der Waals surface area contributed by atoms with Crippen LogP contribution >= 0.6 is 0 Å². The lowest BCUT2D eigenvalue weighted by atomic mass is 9.78. The number of carbonyl (C=O) groups excluding carboxylic acids is 1. The van der Waals surface area contributed by atoms with E-state index in [0.29, 0.717) is 5.92 Å². The van der Waals surface area contributed by atoms with Crippen LogP contribution in [0, 0.1) is 0 Å². The highest BCUT2D eigenvalue weighted by molar-refractivity contribution is 5.92. The number of aromatic nitrogens is 4. The molecule has 0 spiro atoms. The number of carbonyl (C=O) groups is 1. The zero-order valence-corrected chi connectivity index (χ0v) is 13.0. The molecule has 23 heavy (non-hydrogen) atoms. The van der Waals surface area contributed by atoms with Crippen LogP contribution < -0.4 is 16.2 Å². The average molecular weight is 314 g/mol. The molecule has 8 heteroatoms. The van der Waals surface area contributed by atoms with Crippen LogP contribution in [0.1, 0.15) is 34.9 Å². The van der Waals surface area contributed by atoms with Gasteiger partial charge in [0.25, 0.3) is 11.5 Å². The Bertz CT molecular complexity index is 782. The Hall–Kier alpha value is -2.77. The Morgan fingerprint density at radius 1 is 1.30 bits per heavy atom. The van der Waals surface area contributed by atoms with Crippen LogP contribution in [0.25, 0.3) is 0 Å². The summed E-state index contributed by atoms with van der Waals surface area (Å²) in [5.41, 5.74) is 0.986. The molecule has 1 amide bonds. The lowest BCUT2D eigenvalue weighted by molar-refractivity contribution is 0.0900. The van der Waals surface area contributed by atoms with Crippen molar-refractivity contribution in [1.29, 1.82) is 0 Å². The van der Waals surface area contributed by atoms with Crippen molar-refractivity contribution >= 4 is 11.7 Å². The van der Waals surface area contributed by atoms with E-state index >= 15 is 0 Å².